The number of aromatic nitrogens is 2. The van der Waals surface area contributed by atoms with Crippen molar-refractivity contribution in [1.82, 2.24) is 9.97 Å². The first kappa shape index (κ1) is 9.85. The van der Waals surface area contributed by atoms with E-state index in [1.807, 2.05) is 0 Å². The summed E-state index contributed by atoms with van der Waals surface area (Å²) in [5, 5.41) is 8.97. The van der Waals surface area contributed by atoms with Gasteiger partial charge in [0.1, 0.15) is 5.41 Å². The molecule has 0 spiro atoms. The Morgan fingerprint density at radius 1 is 1.29 bits per heavy atom. The molecule has 0 bridgehead atoms. The van der Waals surface area contributed by atoms with Crippen LogP contribution in [0.15, 0.2) is 23.0 Å². The van der Waals surface area contributed by atoms with Crippen LogP contribution in [0.2, 0.25) is 0 Å². The number of carbonyl (C=O) groups is 1. The molecule has 2 N–H and O–H groups in total. The van der Waals surface area contributed by atoms with Gasteiger partial charge >= 0.3 is 5.69 Å². The molecule has 1 heterocycles. The molecule has 1 aromatic carbocycles. The summed E-state index contributed by atoms with van der Waals surface area (Å²) >= 11 is 0. The third kappa shape index (κ3) is 1.38. The van der Waals surface area contributed by atoms with Gasteiger partial charge in [-0.3, -0.25) is 4.79 Å². The number of aromatic amines is 2. The molecule has 0 amide bonds. The van der Waals surface area contributed by atoms with Crippen LogP contribution in [0, 0.1) is 16.7 Å². The summed E-state index contributed by atoms with van der Waals surface area (Å²) in [5.41, 5.74) is 0.616. The summed E-state index contributed by atoms with van der Waals surface area (Å²) < 4.78 is 0. The summed E-state index contributed by atoms with van der Waals surface area (Å²) in [5.74, 6) is -0.149. The van der Waals surface area contributed by atoms with Crippen LogP contribution in [0.5, 0.6) is 0 Å². The van der Waals surface area contributed by atoms with Gasteiger partial charge in [0, 0.05) is 5.56 Å². The first-order valence-electron chi connectivity index (χ1n) is 5.33. The molecule has 0 radical (unpaired) electrons. The Morgan fingerprint density at radius 2 is 2.00 bits per heavy atom. The number of nitriles is 1. The lowest BCUT2D eigenvalue weighted by atomic mass is 9.96. The van der Waals surface area contributed by atoms with Gasteiger partial charge in [0.25, 0.3) is 0 Å². The summed E-state index contributed by atoms with van der Waals surface area (Å²) in [7, 11) is 0. The van der Waals surface area contributed by atoms with Crippen molar-refractivity contribution in [2.45, 2.75) is 12.8 Å². The van der Waals surface area contributed by atoms with E-state index in [2.05, 4.69) is 16.0 Å². The molecule has 0 aliphatic heterocycles. The number of benzene rings is 1. The Morgan fingerprint density at radius 3 is 2.65 bits per heavy atom. The number of Topliss-reactive ketones (excluding diaryl/α,β-unsaturated/α-hetero) is 1. The van der Waals surface area contributed by atoms with Gasteiger partial charge in [-0.05, 0) is 31.0 Å². The van der Waals surface area contributed by atoms with Gasteiger partial charge in [0.05, 0.1) is 17.1 Å². The molecule has 1 saturated carbocycles. The second-order valence-electron chi connectivity index (χ2n) is 4.36. The van der Waals surface area contributed by atoms with Crippen molar-refractivity contribution in [1.29, 1.82) is 5.26 Å². The normalized spacial score (nSPS) is 16.6. The van der Waals surface area contributed by atoms with Gasteiger partial charge in [-0.2, -0.15) is 5.26 Å². The predicted molar refractivity (Wildman–Crippen MR) is 60.5 cm³/mol. The van der Waals surface area contributed by atoms with E-state index in [1.165, 1.54) is 0 Å². The van der Waals surface area contributed by atoms with Crippen molar-refractivity contribution in [3.05, 3.63) is 34.2 Å². The molecule has 5 nitrogen and oxygen atoms in total. The highest BCUT2D eigenvalue weighted by Crippen LogP contribution is 2.47. The fourth-order valence-electron chi connectivity index (χ4n) is 1.96. The first-order valence-corrected chi connectivity index (χ1v) is 5.33. The monoisotopic (exact) mass is 227 g/mol. The van der Waals surface area contributed by atoms with E-state index in [-0.39, 0.29) is 11.5 Å². The fourth-order valence-corrected chi connectivity index (χ4v) is 1.96. The number of carbonyl (C=O) groups excluding carboxylic acids is 1. The lowest BCUT2D eigenvalue weighted by Crippen LogP contribution is -2.13. The highest BCUT2D eigenvalue weighted by molar-refractivity contribution is 6.05. The molecule has 1 aliphatic rings. The van der Waals surface area contributed by atoms with E-state index >= 15 is 0 Å². The van der Waals surface area contributed by atoms with Crippen LogP contribution in [0.4, 0.5) is 0 Å². The summed E-state index contributed by atoms with van der Waals surface area (Å²) in [6.07, 6.45) is 1.26. The Balaban J connectivity index is 2.10. The van der Waals surface area contributed by atoms with Gasteiger partial charge in [0.15, 0.2) is 5.78 Å². The smallest absolute Gasteiger partial charge is 0.306 e. The van der Waals surface area contributed by atoms with Gasteiger partial charge < -0.3 is 9.97 Å². The minimum absolute atomic E-state index is 0.149. The quantitative estimate of drug-likeness (QED) is 0.758. The highest BCUT2D eigenvalue weighted by Gasteiger charge is 2.50. The maximum absolute atomic E-state index is 12.1. The predicted octanol–water partition coefficient (Wildman–Crippen LogP) is 1.34. The number of imidazole rings is 1. The van der Waals surface area contributed by atoms with Crippen LogP contribution in [0.25, 0.3) is 11.0 Å². The molecule has 1 fully saturated rings. The highest BCUT2D eigenvalue weighted by atomic mass is 16.1. The molecular weight excluding hydrogens is 218 g/mol. The lowest BCUT2D eigenvalue weighted by molar-refractivity contribution is 0.0935. The molecule has 2 aromatic rings. The van der Waals surface area contributed by atoms with Gasteiger partial charge in [-0.1, -0.05) is 0 Å². The minimum Gasteiger partial charge on any atom is -0.306 e. The maximum atomic E-state index is 12.1. The molecular formula is C12H9N3O2. The average Bonchev–Trinajstić information content (AvgIpc) is 3.03. The molecule has 1 aliphatic carbocycles. The zero-order valence-corrected chi connectivity index (χ0v) is 8.91. The van der Waals surface area contributed by atoms with Gasteiger partial charge in [-0.25, -0.2) is 4.79 Å². The Hall–Kier alpha value is -2.35. The van der Waals surface area contributed by atoms with Crippen LogP contribution < -0.4 is 5.69 Å². The molecule has 0 unspecified atom stereocenters. The van der Waals surface area contributed by atoms with Crippen molar-refractivity contribution in [3.8, 4) is 6.07 Å². The number of hydrogen-bond acceptors (Lipinski definition) is 3. The van der Waals surface area contributed by atoms with Crippen LogP contribution in [-0.4, -0.2) is 15.8 Å². The summed E-state index contributed by atoms with van der Waals surface area (Å²) in [6, 6.07) is 7.01. The average molecular weight is 227 g/mol. The van der Waals surface area contributed by atoms with Gasteiger partial charge in [0.2, 0.25) is 0 Å². The topological polar surface area (TPSA) is 89.5 Å². The standard InChI is InChI=1S/C12H9N3O2/c13-6-12(3-4-12)10(16)7-1-2-8-9(5-7)15-11(17)14-8/h1-2,5H,3-4H2,(H2,14,15,17). The van der Waals surface area contributed by atoms with E-state index in [9.17, 15) is 9.59 Å². The third-order valence-electron chi connectivity index (χ3n) is 3.18. The van der Waals surface area contributed by atoms with Gasteiger partial charge in [-0.15, -0.1) is 0 Å². The van der Waals surface area contributed by atoms with E-state index in [4.69, 9.17) is 5.26 Å². The third-order valence-corrected chi connectivity index (χ3v) is 3.18. The number of ketones is 1. The van der Waals surface area contributed by atoms with Crippen molar-refractivity contribution in [2.75, 3.05) is 0 Å². The zero-order valence-electron chi connectivity index (χ0n) is 8.91. The maximum Gasteiger partial charge on any atom is 0.323 e. The Labute approximate surface area is 96.1 Å². The minimum atomic E-state index is -0.815. The van der Waals surface area contributed by atoms with E-state index in [0.717, 1.165) is 0 Å². The lowest BCUT2D eigenvalue weighted by Gasteiger charge is -2.04. The number of fused-ring (bicyclic) bond motifs is 1. The zero-order chi connectivity index (χ0) is 12.0. The Bertz CT molecular complexity index is 713. The fraction of sp³-hybridized carbons (Fsp3) is 0.250. The van der Waals surface area contributed by atoms with Crippen LogP contribution in [0.1, 0.15) is 23.2 Å². The number of nitrogens with one attached hydrogen (secondary N) is 2. The Kier molecular flexibility index (Phi) is 1.78. The summed E-state index contributed by atoms with van der Waals surface area (Å²) in [4.78, 5) is 28.4. The molecule has 17 heavy (non-hydrogen) atoms. The largest absolute Gasteiger partial charge is 0.323 e. The second-order valence-corrected chi connectivity index (χ2v) is 4.36. The molecule has 3 rings (SSSR count). The number of nitrogens with zero attached hydrogens (tertiary/aromatic N) is 1. The number of rotatable bonds is 2. The number of H-pyrrole nitrogens is 2. The molecule has 5 heteroatoms. The number of hydrogen-bond donors (Lipinski definition) is 2. The molecule has 1 aromatic heterocycles. The van der Waals surface area contributed by atoms with Crippen molar-refractivity contribution >= 4 is 16.8 Å². The van der Waals surface area contributed by atoms with Crippen molar-refractivity contribution in [2.24, 2.45) is 5.41 Å². The molecule has 0 atom stereocenters. The molecule has 84 valence electrons. The van der Waals surface area contributed by atoms with Crippen LogP contribution in [0.3, 0.4) is 0 Å². The van der Waals surface area contributed by atoms with E-state index in [1.54, 1.807) is 18.2 Å². The van der Waals surface area contributed by atoms with E-state index in [0.29, 0.717) is 29.4 Å². The first-order chi connectivity index (χ1) is 8.14. The van der Waals surface area contributed by atoms with Crippen LogP contribution >= 0.6 is 0 Å². The van der Waals surface area contributed by atoms with Crippen molar-refractivity contribution in [3.63, 3.8) is 0 Å². The summed E-state index contributed by atoms with van der Waals surface area (Å²) in [6.45, 7) is 0. The van der Waals surface area contributed by atoms with Crippen molar-refractivity contribution < 1.29 is 4.79 Å². The second kappa shape index (κ2) is 3.08. The van der Waals surface area contributed by atoms with E-state index < -0.39 is 5.41 Å². The molecule has 0 saturated heterocycles. The van der Waals surface area contributed by atoms with Crippen LogP contribution in [-0.2, 0) is 0 Å². The SMILES string of the molecule is N#CC1(C(=O)c2ccc3[nH]c(=O)[nH]c3c2)CC1.